The van der Waals surface area contributed by atoms with Crippen LogP contribution in [0.4, 0.5) is 19.1 Å². The normalized spacial score (nSPS) is 23.7. The molecule has 2 atom stereocenters. The van der Waals surface area contributed by atoms with Crippen molar-refractivity contribution in [1.29, 1.82) is 0 Å². The maximum absolute atomic E-state index is 12.7. The highest BCUT2D eigenvalue weighted by molar-refractivity contribution is 5.77. The van der Waals surface area contributed by atoms with Gasteiger partial charge >= 0.3 is 6.18 Å². The van der Waals surface area contributed by atoms with Gasteiger partial charge in [-0.15, -0.1) is 0 Å². The minimum atomic E-state index is -4.51. The van der Waals surface area contributed by atoms with Crippen molar-refractivity contribution in [2.75, 3.05) is 11.4 Å². The third-order valence-electron chi connectivity index (χ3n) is 3.47. The number of carbonyl (C=O) groups is 1. The van der Waals surface area contributed by atoms with Crippen LogP contribution in [0.15, 0.2) is 12.3 Å². The summed E-state index contributed by atoms with van der Waals surface area (Å²) in [7, 11) is 0. The maximum atomic E-state index is 12.7. The van der Waals surface area contributed by atoms with Crippen LogP contribution in [-0.2, 0) is 11.0 Å². The molecule has 0 aromatic carbocycles. The Labute approximate surface area is 114 Å². The van der Waals surface area contributed by atoms with Crippen LogP contribution >= 0.6 is 0 Å². The second kappa shape index (κ2) is 5.26. The van der Waals surface area contributed by atoms with Crippen LogP contribution in [0.5, 0.6) is 0 Å². The number of nitrogens with two attached hydrogens (primary N) is 1. The second-order valence-corrected chi connectivity index (χ2v) is 4.92. The smallest absolute Gasteiger partial charge is 0.369 e. The van der Waals surface area contributed by atoms with Crippen LogP contribution < -0.4 is 10.6 Å². The van der Waals surface area contributed by atoms with Gasteiger partial charge in [-0.1, -0.05) is 0 Å². The fourth-order valence-corrected chi connectivity index (χ4v) is 2.26. The van der Waals surface area contributed by atoms with E-state index in [9.17, 15) is 18.0 Å². The number of nitrogens with zero attached hydrogens (tertiary/aromatic N) is 3. The van der Waals surface area contributed by atoms with E-state index in [1.165, 1.54) is 0 Å². The van der Waals surface area contributed by atoms with Gasteiger partial charge < -0.3 is 10.6 Å². The van der Waals surface area contributed by atoms with Crippen molar-refractivity contribution in [2.45, 2.75) is 32.0 Å². The van der Waals surface area contributed by atoms with Gasteiger partial charge in [0.2, 0.25) is 11.9 Å². The Morgan fingerprint density at radius 2 is 2.15 bits per heavy atom. The van der Waals surface area contributed by atoms with Crippen molar-refractivity contribution in [3.05, 3.63) is 18.0 Å². The number of piperidine rings is 1. The summed E-state index contributed by atoms with van der Waals surface area (Å²) in [4.78, 5) is 20.3. The predicted octanol–water partition coefficient (Wildman–Crippen LogP) is 1.59. The molecule has 2 rings (SSSR count). The Morgan fingerprint density at radius 1 is 1.45 bits per heavy atom. The summed E-state index contributed by atoms with van der Waals surface area (Å²) in [6.07, 6.45) is -2.15. The SMILES string of the molecule is CC1CCC(C(N)=O)CN1c1nccc(C(F)(F)F)n1. The number of aromatic nitrogens is 2. The van der Waals surface area contributed by atoms with Gasteiger partial charge in [-0.25, -0.2) is 9.97 Å². The lowest BCUT2D eigenvalue weighted by Crippen LogP contribution is -2.46. The third kappa shape index (κ3) is 3.00. The van der Waals surface area contributed by atoms with E-state index in [4.69, 9.17) is 5.73 Å². The van der Waals surface area contributed by atoms with E-state index in [2.05, 4.69) is 9.97 Å². The predicted molar refractivity (Wildman–Crippen MR) is 65.8 cm³/mol. The highest BCUT2D eigenvalue weighted by Crippen LogP contribution is 2.30. The highest BCUT2D eigenvalue weighted by Gasteiger charge is 2.35. The van der Waals surface area contributed by atoms with Crippen molar-refractivity contribution in [3.63, 3.8) is 0 Å². The maximum Gasteiger partial charge on any atom is 0.433 e. The summed E-state index contributed by atoms with van der Waals surface area (Å²) in [5.41, 5.74) is 4.28. The monoisotopic (exact) mass is 288 g/mol. The van der Waals surface area contributed by atoms with Crippen LogP contribution in [0.25, 0.3) is 0 Å². The molecule has 2 heterocycles. The van der Waals surface area contributed by atoms with Gasteiger partial charge in [-0.3, -0.25) is 4.79 Å². The zero-order valence-corrected chi connectivity index (χ0v) is 10.9. The number of alkyl halides is 3. The van der Waals surface area contributed by atoms with Gasteiger partial charge in [-0.2, -0.15) is 13.2 Å². The summed E-state index contributed by atoms with van der Waals surface area (Å²) in [6.45, 7) is 2.11. The topological polar surface area (TPSA) is 72.1 Å². The molecule has 2 N–H and O–H groups in total. The van der Waals surface area contributed by atoms with E-state index in [0.717, 1.165) is 12.3 Å². The molecule has 0 radical (unpaired) electrons. The summed E-state index contributed by atoms with van der Waals surface area (Å²) in [5.74, 6) is -0.850. The molecular formula is C12H15F3N4O. The van der Waals surface area contributed by atoms with Gasteiger partial charge in [-0.05, 0) is 25.8 Å². The van der Waals surface area contributed by atoms with E-state index >= 15 is 0 Å². The molecule has 1 aliphatic heterocycles. The Hall–Kier alpha value is -1.86. The molecule has 0 saturated carbocycles. The molecule has 2 unspecified atom stereocenters. The minimum absolute atomic E-state index is 0.0155. The lowest BCUT2D eigenvalue weighted by atomic mass is 9.93. The first-order valence-corrected chi connectivity index (χ1v) is 6.25. The summed E-state index contributed by atoms with van der Waals surface area (Å²) in [5, 5.41) is 0. The lowest BCUT2D eigenvalue weighted by molar-refractivity contribution is -0.141. The summed E-state index contributed by atoms with van der Waals surface area (Å²) in [6, 6.07) is 0.790. The number of rotatable bonds is 2. The van der Waals surface area contributed by atoms with Crippen LogP contribution in [0.1, 0.15) is 25.5 Å². The Kier molecular flexibility index (Phi) is 3.82. The van der Waals surface area contributed by atoms with E-state index in [0.29, 0.717) is 12.8 Å². The molecule has 8 heteroatoms. The van der Waals surface area contributed by atoms with E-state index < -0.39 is 17.8 Å². The Balaban J connectivity index is 2.27. The van der Waals surface area contributed by atoms with Crippen molar-refractivity contribution < 1.29 is 18.0 Å². The molecule has 5 nitrogen and oxygen atoms in total. The number of primary amides is 1. The fourth-order valence-electron chi connectivity index (χ4n) is 2.26. The molecule has 1 saturated heterocycles. The molecule has 110 valence electrons. The summed E-state index contributed by atoms with van der Waals surface area (Å²) < 4.78 is 38.0. The van der Waals surface area contributed by atoms with Crippen molar-refractivity contribution >= 4 is 11.9 Å². The molecular weight excluding hydrogens is 273 g/mol. The molecule has 0 bridgehead atoms. The number of carbonyl (C=O) groups excluding carboxylic acids is 1. The zero-order valence-electron chi connectivity index (χ0n) is 10.9. The van der Waals surface area contributed by atoms with Crippen LogP contribution in [0.2, 0.25) is 0 Å². The number of amides is 1. The molecule has 1 amide bonds. The van der Waals surface area contributed by atoms with Crippen molar-refractivity contribution in [1.82, 2.24) is 9.97 Å². The number of hydrogen-bond donors (Lipinski definition) is 1. The first-order valence-electron chi connectivity index (χ1n) is 6.25. The van der Waals surface area contributed by atoms with E-state index in [-0.39, 0.29) is 24.5 Å². The van der Waals surface area contributed by atoms with Crippen LogP contribution in [0, 0.1) is 5.92 Å². The Morgan fingerprint density at radius 3 is 2.75 bits per heavy atom. The van der Waals surface area contributed by atoms with Gasteiger partial charge in [0.25, 0.3) is 0 Å². The Bertz CT molecular complexity index is 506. The molecule has 1 fully saturated rings. The number of hydrogen-bond acceptors (Lipinski definition) is 4. The molecule has 0 aliphatic carbocycles. The van der Waals surface area contributed by atoms with E-state index in [1.54, 1.807) is 4.90 Å². The number of halogens is 3. The van der Waals surface area contributed by atoms with E-state index in [1.807, 2.05) is 6.92 Å². The molecule has 20 heavy (non-hydrogen) atoms. The molecule has 0 spiro atoms. The van der Waals surface area contributed by atoms with Crippen molar-refractivity contribution in [3.8, 4) is 0 Å². The van der Waals surface area contributed by atoms with Crippen molar-refractivity contribution in [2.24, 2.45) is 11.7 Å². The quantitative estimate of drug-likeness (QED) is 0.897. The van der Waals surface area contributed by atoms with Gasteiger partial charge in [0.1, 0.15) is 5.69 Å². The third-order valence-corrected chi connectivity index (χ3v) is 3.47. The minimum Gasteiger partial charge on any atom is -0.369 e. The lowest BCUT2D eigenvalue weighted by Gasteiger charge is -2.36. The first-order chi connectivity index (χ1) is 9.29. The largest absolute Gasteiger partial charge is 0.433 e. The van der Waals surface area contributed by atoms with Gasteiger partial charge in [0.05, 0.1) is 5.92 Å². The second-order valence-electron chi connectivity index (χ2n) is 4.92. The highest BCUT2D eigenvalue weighted by atomic mass is 19.4. The molecule has 1 aromatic rings. The average molecular weight is 288 g/mol. The zero-order chi connectivity index (χ0) is 14.9. The molecule has 1 aliphatic rings. The van der Waals surface area contributed by atoms with Gasteiger partial charge in [0.15, 0.2) is 0 Å². The first kappa shape index (κ1) is 14.5. The fraction of sp³-hybridized carbons (Fsp3) is 0.583. The molecule has 1 aromatic heterocycles. The van der Waals surface area contributed by atoms with Gasteiger partial charge in [0, 0.05) is 18.8 Å². The summed E-state index contributed by atoms with van der Waals surface area (Å²) >= 11 is 0. The van der Waals surface area contributed by atoms with Crippen LogP contribution in [0.3, 0.4) is 0 Å². The van der Waals surface area contributed by atoms with Crippen LogP contribution in [-0.4, -0.2) is 28.5 Å². The average Bonchev–Trinajstić information content (AvgIpc) is 2.38. The standard InChI is InChI=1S/C12H15F3N4O/c1-7-2-3-8(10(16)20)6-19(7)11-17-5-4-9(18-11)12(13,14)15/h4-5,7-8H,2-3,6H2,1H3,(H2,16,20). The number of anilines is 1.